The summed E-state index contributed by atoms with van der Waals surface area (Å²) in [4.78, 5) is 0. The van der Waals surface area contributed by atoms with Crippen LogP contribution in [0.5, 0.6) is 5.75 Å². The number of aryl methyl sites for hydroxylation is 1. The first-order valence-corrected chi connectivity index (χ1v) is 8.95. The summed E-state index contributed by atoms with van der Waals surface area (Å²) in [7, 11) is 0. The minimum atomic E-state index is -0.639. The highest BCUT2D eigenvalue weighted by molar-refractivity contribution is 5.63. The number of para-hydroxylation sites is 1. The molecule has 1 aliphatic carbocycles. The van der Waals surface area contributed by atoms with Crippen molar-refractivity contribution in [3.05, 3.63) is 72.0 Å². The Kier molecular flexibility index (Phi) is 5.57. The molecule has 1 unspecified atom stereocenters. The third-order valence-electron chi connectivity index (χ3n) is 4.25. The number of nitrogens with zero attached hydrogens (tertiary/aromatic N) is 2. The standard InChI is InChI=1S/C21H25N5O/c1-3-27-20-14-19(15(2)13-18(20)22)26-25-17-9-11-21(23,12-10-17)24-16-7-5-4-6-8-16/h4-11,13-14,24H,3,12,22-23H2,1-2H3. The second-order valence-corrected chi connectivity index (χ2v) is 6.51. The lowest BCUT2D eigenvalue weighted by Gasteiger charge is -2.29. The summed E-state index contributed by atoms with van der Waals surface area (Å²) in [5.74, 6) is 0.623. The summed E-state index contributed by atoms with van der Waals surface area (Å²) in [5, 5.41) is 12.0. The Balaban J connectivity index is 1.70. The van der Waals surface area contributed by atoms with Crippen molar-refractivity contribution in [2.45, 2.75) is 25.9 Å². The van der Waals surface area contributed by atoms with Gasteiger partial charge in [-0.1, -0.05) is 24.3 Å². The molecule has 0 bridgehead atoms. The molecular weight excluding hydrogens is 338 g/mol. The normalized spacial score (nSPS) is 19.1. The molecule has 0 saturated heterocycles. The van der Waals surface area contributed by atoms with Crippen LogP contribution in [-0.4, -0.2) is 12.3 Å². The van der Waals surface area contributed by atoms with E-state index < -0.39 is 5.66 Å². The first-order chi connectivity index (χ1) is 13.0. The molecule has 6 nitrogen and oxygen atoms in total. The largest absolute Gasteiger partial charge is 0.492 e. The van der Waals surface area contributed by atoms with Gasteiger partial charge in [0.1, 0.15) is 11.4 Å². The number of benzene rings is 2. The molecule has 0 aromatic heterocycles. The highest BCUT2D eigenvalue weighted by Crippen LogP contribution is 2.32. The molecule has 5 N–H and O–H groups in total. The Hall–Kier alpha value is -3.12. The minimum absolute atomic E-state index is 0.546. The van der Waals surface area contributed by atoms with Gasteiger partial charge in [-0.05, 0) is 49.8 Å². The van der Waals surface area contributed by atoms with Gasteiger partial charge in [-0.2, -0.15) is 10.2 Å². The molecule has 2 aromatic rings. The van der Waals surface area contributed by atoms with Crippen LogP contribution in [0.2, 0.25) is 0 Å². The van der Waals surface area contributed by atoms with Crippen LogP contribution in [0.25, 0.3) is 0 Å². The lowest BCUT2D eigenvalue weighted by molar-refractivity contribution is 0.342. The van der Waals surface area contributed by atoms with E-state index in [-0.39, 0.29) is 0 Å². The average molecular weight is 363 g/mol. The van der Waals surface area contributed by atoms with E-state index in [4.69, 9.17) is 16.2 Å². The Morgan fingerprint density at radius 2 is 1.96 bits per heavy atom. The summed E-state index contributed by atoms with van der Waals surface area (Å²) in [5.41, 5.74) is 15.8. The fraction of sp³-hybridized carbons (Fsp3) is 0.238. The predicted octanol–water partition coefficient (Wildman–Crippen LogP) is 4.67. The van der Waals surface area contributed by atoms with Gasteiger partial charge in [0.2, 0.25) is 0 Å². The van der Waals surface area contributed by atoms with Gasteiger partial charge in [0.05, 0.1) is 23.7 Å². The summed E-state index contributed by atoms with van der Waals surface area (Å²) < 4.78 is 5.53. The van der Waals surface area contributed by atoms with Crippen LogP contribution in [0.4, 0.5) is 17.1 Å². The fourth-order valence-electron chi connectivity index (χ4n) is 2.80. The highest BCUT2D eigenvalue weighted by Gasteiger charge is 2.22. The van der Waals surface area contributed by atoms with Gasteiger partial charge in [0.15, 0.2) is 0 Å². The van der Waals surface area contributed by atoms with E-state index in [0.29, 0.717) is 24.5 Å². The van der Waals surface area contributed by atoms with Crippen LogP contribution in [-0.2, 0) is 0 Å². The average Bonchev–Trinajstić information content (AvgIpc) is 2.65. The lowest BCUT2D eigenvalue weighted by Crippen LogP contribution is -2.46. The Morgan fingerprint density at radius 3 is 2.63 bits per heavy atom. The topological polar surface area (TPSA) is 98.0 Å². The maximum Gasteiger partial charge on any atom is 0.144 e. The third kappa shape index (κ3) is 4.74. The van der Waals surface area contributed by atoms with Crippen molar-refractivity contribution in [2.24, 2.45) is 16.0 Å². The zero-order valence-corrected chi connectivity index (χ0v) is 15.6. The van der Waals surface area contributed by atoms with Crippen LogP contribution in [0.15, 0.2) is 76.6 Å². The first-order valence-electron chi connectivity index (χ1n) is 8.95. The van der Waals surface area contributed by atoms with Crippen molar-refractivity contribution in [3.8, 4) is 5.75 Å². The number of hydrogen-bond donors (Lipinski definition) is 3. The molecule has 0 amide bonds. The summed E-state index contributed by atoms with van der Waals surface area (Å²) in [6, 6.07) is 13.6. The maximum absolute atomic E-state index is 6.41. The number of hydrogen-bond acceptors (Lipinski definition) is 6. The number of anilines is 2. The fourth-order valence-corrected chi connectivity index (χ4v) is 2.80. The summed E-state index contributed by atoms with van der Waals surface area (Å²) in [6.07, 6.45) is 6.36. The van der Waals surface area contributed by atoms with Crippen molar-refractivity contribution < 1.29 is 4.74 Å². The van der Waals surface area contributed by atoms with Crippen molar-refractivity contribution in [2.75, 3.05) is 17.7 Å². The predicted molar refractivity (Wildman–Crippen MR) is 110 cm³/mol. The number of azo groups is 1. The molecular formula is C21H25N5O. The Morgan fingerprint density at radius 1 is 1.19 bits per heavy atom. The monoisotopic (exact) mass is 363 g/mol. The minimum Gasteiger partial charge on any atom is -0.492 e. The van der Waals surface area contributed by atoms with Gasteiger partial charge in [0, 0.05) is 18.2 Å². The van der Waals surface area contributed by atoms with E-state index >= 15 is 0 Å². The molecule has 0 spiro atoms. The second-order valence-electron chi connectivity index (χ2n) is 6.51. The number of nitrogens with two attached hydrogens (primary N) is 2. The second kappa shape index (κ2) is 8.05. The Labute approximate surface area is 159 Å². The molecule has 140 valence electrons. The highest BCUT2D eigenvalue weighted by atomic mass is 16.5. The van der Waals surface area contributed by atoms with E-state index in [1.165, 1.54) is 0 Å². The molecule has 6 heteroatoms. The molecule has 27 heavy (non-hydrogen) atoms. The van der Waals surface area contributed by atoms with Crippen LogP contribution >= 0.6 is 0 Å². The molecule has 0 heterocycles. The molecule has 0 radical (unpaired) electrons. The number of nitrogen functional groups attached to an aromatic ring is 1. The van der Waals surface area contributed by atoms with E-state index in [1.54, 1.807) is 0 Å². The smallest absolute Gasteiger partial charge is 0.144 e. The molecule has 2 aromatic carbocycles. The van der Waals surface area contributed by atoms with E-state index in [0.717, 1.165) is 22.6 Å². The van der Waals surface area contributed by atoms with Gasteiger partial charge < -0.3 is 21.5 Å². The summed E-state index contributed by atoms with van der Waals surface area (Å²) in [6.45, 7) is 4.41. The number of rotatable bonds is 6. The van der Waals surface area contributed by atoms with Gasteiger partial charge in [-0.15, -0.1) is 0 Å². The van der Waals surface area contributed by atoms with Crippen LogP contribution in [0.1, 0.15) is 18.9 Å². The van der Waals surface area contributed by atoms with Crippen LogP contribution < -0.4 is 21.5 Å². The SMILES string of the molecule is CCOc1cc(N=NC2=CCC(N)(Nc3ccccc3)C=C2)c(C)cc1N. The van der Waals surface area contributed by atoms with Gasteiger partial charge in [0.25, 0.3) is 0 Å². The first kappa shape index (κ1) is 18.7. The number of allylic oxidation sites excluding steroid dienone is 1. The van der Waals surface area contributed by atoms with Crippen molar-refractivity contribution in [1.29, 1.82) is 0 Å². The van der Waals surface area contributed by atoms with E-state index in [1.807, 2.05) is 74.5 Å². The third-order valence-corrected chi connectivity index (χ3v) is 4.25. The Bertz CT molecular complexity index is 889. The molecule has 1 aliphatic rings. The number of nitrogens with one attached hydrogen (secondary N) is 1. The maximum atomic E-state index is 6.41. The quantitative estimate of drug-likeness (QED) is 0.394. The van der Waals surface area contributed by atoms with Gasteiger partial charge in [-0.25, -0.2) is 0 Å². The van der Waals surface area contributed by atoms with E-state index in [9.17, 15) is 0 Å². The van der Waals surface area contributed by atoms with Crippen molar-refractivity contribution >= 4 is 17.1 Å². The van der Waals surface area contributed by atoms with Gasteiger partial charge in [-0.3, -0.25) is 0 Å². The van der Waals surface area contributed by atoms with Crippen molar-refractivity contribution in [3.63, 3.8) is 0 Å². The van der Waals surface area contributed by atoms with Crippen LogP contribution in [0, 0.1) is 6.92 Å². The van der Waals surface area contributed by atoms with Crippen molar-refractivity contribution in [1.82, 2.24) is 0 Å². The zero-order chi connectivity index (χ0) is 19.3. The van der Waals surface area contributed by atoms with E-state index in [2.05, 4.69) is 15.5 Å². The molecule has 0 fully saturated rings. The molecule has 1 atom stereocenters. The zero-order valence-electron chi connectivity index (χ0n) is 15.6. The molecule has 0 aliphatic heterocycles. The van der Waals surface area contributed by atoms with Gasteiger partial charge >= 0.3 is 0 Å². The molecule has 0 saturated carbocycles. The summed E-state index contributed by atoms with van der Waals surface area (Å²) >= 11 is 0. The lowest BCUT2D eigenvalue weighted by atomic mass is 10.00. The van der Waals surface area contributed by atoms with Crippen LogP contribution in [0.3, 0.4) is 0 Å². The molecule has 3 rings (SSSR count). The number of ether oxygens (including phenoxy) is 1.